The predicted octanol–water partition coefficient (Wildman–Crippen LogP) is 3.97. The number of halogens is 2. The topological polar surface area (TPSA) is 40.5 Å². The Balaban J connectivity index is 2.25. The van der Waals surface area contributed by atoms with Crippen LogP contribution >= 0.6 is 23.2 Å². The maximum atomic E-state index is 10.6. The molecule has 4 heteroatoms. The van der Waals surface area contributed by atoms with Crippen LogP contribution in [0.25, 0.3) is 0 Å². The molecule has 1 aliphatic carbocycles. The minimum Gasteiger partial charge on any atom is -0.387 e. The van der Waals surface area contributed by atoms with E-state index < -0.39 is 11.7 Å². The van der Waals surface area contributed by atoms with Crippen LogP contribution in [-0.2, 0) is 0 Å². The van der Waals surface area contributed by atoms with Gasteiger partial charge in [-0.05, 0) is 37.7 Å². The largest absolute Gasteiger partial charge is 0.387 e. The minimum atomic E-state index is -1.08. The monoisotopic (exact) mass is 288 g/mol. The van der Waals surface area contributed by atoms with Crippen molar-refractivity contribution in [2.24, 2.45) is 5.92 Å². The van der Waals surface area contributed by atoms with Gasteiger partial charge in [-0.3, -0.25) is 0 Å². The molecule has 0 saturated heterocycles. The van der Waals surface area contributed by atoms with Crippen LogP contribution in [0.4, 0.5) is 0 Å². The van der Waals surface area contributed by atoms with Gasteiger partial charge in [-0.1, -0.05) is 42.3 Å². The summed E-state index contributed by atoms with van der Waals surface area (Å²) in [4.78, 5) is 0. The van der Waals surface area contributed by atoms with Gasteiger partial charge in [0.2, 0.25) is 0 Å². The van der Waals surface area contributed by atoms with Gasteiger partial charge < -0.3 is 10.2 Å². The lowest BCUT2D eigenvalue weighted by Gasteiger charge is -2.39. The Labute approximate surface area is 118 Å². The molecule has 1 aromatic carbocycles. The summed E-state index contributed by atoms with van der Waals surface area (Å²) in [6.07, 6.45) is 2.06. The lowest BCUT2D eigenvalue weighted by atomic mass is 9.75. The molecule has 1 saturated carbocycles. The molecule has 1 atom stereocenters. The molecule has 2 N–H and O–H groups in total. The summed E-state index contributed by atoms with van der Waals surface area (Å²) < 4.78 is 0. The zero-order valence-electron chi connectivity index (χ0n) is 10.4. The Kier molecular flexibility index (Phi) is 4.22. The van der Waals surface area contributed by atoms with Crippen molar-refractivity contribution in [2.75, 3.05) is 0 Å². The van der Waals surface area contributed by atoms with Gasteiger partial charge >= 0.3 is 0 Å². The van der Waals surface area contributed by atoms with Crippen LogP contribution in [0.2, 0.25) is 10.0 Å². The van der Waals surface area contributed by atoms with Crippen molar-refractivity contribution in [2.45, 2.75) is 44.3 Å². The second-order valence-electron chi connectivity index (χ2n) is 5.33. The summed E-state index contributed by atoms with van der Waals surface area (Å²) in [6, 6.07) is 5.13. The normalized spacial score (nSPS) is 30.2. The van der Waals surface area contributed by atoms with Gasteiger partial charge in [-0.2, -0.15) is 0 Å². The molecule has 1 fully saturated rings. The molecule has 2 rings (SSSR count). The molecule has 1 aliphatic rings. The summed E-state index contributed by atoms with van der Waals surface area (Å²) >= 11 is 12.0. The van der Waals surface area contributed by atoms with Gasteiger partial charge in [0.05, 0.1) is 15.6 Å². The highest BCUT2D eigenvalue weighted by atomic mass is 35.5. The Hall–Kier alpha value is -0.280. The number of aliphatic hydroxyl groups is 2. The lowest BCUT2D eigenvalue weighted by molar-refractivity contribution is -0.105. The summed E-state index contributed by atoms with van der Waals surface area (Å²) in [5.74, 6) is 0.604. The summed E-state index contributed by atoms with van der Waals surface area (Å²) in [5, 5.41) is 21.7. The number of hydrogen-bond acceptors (Lipinski definition) is 2. The van der Waals surface area contributed by atoms with E-state index in [0.29, 0.717) is 34.4 Å². The molecule has 100 valence electrons. The van der Waals surface area contributed by atoms with Crippen LogP contribution in [0.15, 0.2) is 18.2 Å². The average Bonchev–Trinajstić information content (AvgIpc) is 2.36. The van der Waals surface area contributed by atoms with Crippen molar-refractivity contribution in [1.82, 2.24) is 0 Å². The standard InChI is InChI=1S/C14H18Cl2O2/c1-9-5-7-14(18,8-6-9)13(17)10-3-2-4-11(15)12(10)16/h2-4,9,13,17-18H,5-8H2,1H3. The molecule has 0 aromatic heterocycles. The minimum absolute atomic E-state index is 0.332. The Morgan fingerprint density at radius 3 is 2.50 bits per heavy atom. The van der Waals surface area contributed by atoms with E-state index in [4.69, 9.17) is 23.2 Å². The van der Waals surface area contributed by atoms with Gasteiger partial charge in [0.15, 0.2) is 0 Å². The van der Waals surface area contributed by atoms with E-state index in [9.17, 15) is 10.2 Å². The van der Waals surface area contributed by atoms with Crippen molar-refractivity contribution < 1.29 is 10.2 Å². The lowest BCUT2D eigenvalue weighted by Crippen LogP contribution is -2.40. The number of aliphatic hydroxyl groups excluding tert-OH is 1. The molecular formula is C14H18Cl2O2. The zero-order chi connectivity index (χ0) is 13.3. The first-order valence-electron chi connectivity index (χ1n) is 6.28. The van der Waals surface area contributed by atoms with Gasteiger partial charge in [-0.15, -0.1) is 0 Å². The van der Waals surface area contributed by atoms with E-state index in [1.807, 2.05) is 0 Å². The third-order valence-electron chi connectivity index (χ3n) is 3.93. The molecule has 1 unspecified atom stereocenters. The van der Waals surface area contributed by atoms with Gasteiger partial charge in [0, 0.05) is 5.56 Å². The van der Waals surface area contributed by atoms with E-state index in [2.05, 4.69) is 6.92 Å². The van der Waals surface area contributed by atoms with Crippen LogP contribution in [0.3, 0.4) is 0 Å². The van der Waals surface area contributed by atoms with Crippen LogP contribution in [-0.4, -0.2) is 15.8 Å². The molecule has 18 heavy (non-hydrogen) atoms. The molecule has 0 heterocycles. The molecule has 0 spiro atoms. The van der Waals surface area contributed by atoms with E-state index in [0.717, 1.165) is 12.8 Å². The van der Waals surface area contributed by atoms with Crippen LogP contribution < -0.4 is 0 Å². The van der Waals surface area contributed by atoms with E-state index in [-0.39, 0.29) is 0 Å². The zero-order valence-corrected chi connectivity index (χ0v) is 11.9. The van der Waals surface area contributed by atoms with Crippen LogP contribution in [0.5, 0.6) is 0 Å². The van der Waals surface area contributed by atoms with Crippen molar-refractivity contribution in [1.29, 1.82) is 0 Å². The summed E-state index contributed by atoms with van der Waals surface area (Å²) in [5.41, 5.74) is -0.567. The third kappa shape index (κ3) is 2.67. The number of benzene rings is 1. The SMILES string of the molecule is CC1CCC(O)(C(O)c2cccc(Cl)c2Cl)CC1. The molecule has 0 aliphatic heterocycles. The van der Waals surface area contributed by atoms with Crippen molar-refractivity contribution in [3.8, 4) is 0 Å². The molecule has 0 bridgehead atoms. The molecule has 2 nitrogen and oxygen atoms in total. The smallest absolute Gasteiger partial charge is 0.109 e. The second-order valence-corrected chi connectivity index (χ2v) is 6.12. The number of rotatable bonds is 2. The van der Waals surface area contributed by atoms with Gasteiger partial charge in [0.1, 0.15) is 6.10 Å². The average molecular weight is 289 g/mol. The Bertz CT molecular complexity index is 426. The van der Waals surface area contributed by atoms with E-state index >= 15 is 0 Å². The second kappa shape index (κ2) is 5.38. The highest BCUT2D eigenvalue weighted by Crippen LogP contribution is 2.43. The fourth-order valence-corrected chi connectivity index (χ4v) is 2.97. The molecule has 1 aromatic rings. The van der Waals surface area contributed by atoms with Gasteiger partial charge in [-0.25, -0.2) is 0 Å². The van der Waals surface area contributed by atoms with E-state index in [1.165, 1.54) is 0 Å². The Morgan fingerprint density at radius 1 is 1.28 bits per heavy atom. The van der Waals surface area contributed by atoms with Crippen molar-refractivity contribution in [3.63, 3.8) is 0 Å². The van der Waals surface area contributed by atoms with Crippen molar-refractivity contribution in [3.05, 3.63) is 33.8 Å². The number of hydrogen-bond donors (Lipinski definition) is 2. The maximum absolute atomic E-state index is 10.6. The fourth-order valence-electron chi connectivity index (χ4n) is 2.56. The fraction of sp³-hybridized carbons (Fsp3) is 0.571. The molecular weight excluding hydrogens is 271 g/mol. The van der Waals surface area contributed by atoms with Crippen LogP contribution in [0, 0.1) is 5.92 Å². The summed E-state index contributed by atoms with van der Waals surface area (Å²) in [7, 11) is 0. The third-order valence-corrected chi connectivity index (χ3v) is 4.76. The van der Waals surface area contributed by atoms with Gasteiger partial charge in [0.25, 0.3) is 0 Å². The predicted molar refractivity (Wildman–Crippen MR) is 74.0 cm³/mol. The first kappa shape index (κ1) is 14.1. The highest BCUT2D eigenvalue weighted by Gasteiger charge is 2.40. The molecule has 0 radical (unpaired) electrons. The van der Waals surface area contributed by atoms with Crippen molar-refractivity contribution >= 4 is 23.2 Å². The quantitative estimate of drug-likeness (QED) is 0.865. The summed E-state index contributed by atoms with van der Waals surface area (Å²) in [6.45, 7) is 2.17. The first-order valence-corrected chi connectivity index (χ1v) is 7.04. The molecule has 0 amide bonds. The Morgan fingerprint density at radius 2 is 1.89 bits per heavy atom. The van der Waals surface area contributed by atoms with E-state index in [1.54, 1.807) is 18.2 Å². The maximum Gasteiger partial charge on any atom is 0.109 e. The first-order chi connectivity index (χ1) is 8.44. The van der Waals surface area contributed by atoms with Crippen LogP contribution in [0.1, 0.15) is 44.3 Å². The highest BCUT2D eigenvalue weighted by molar-refractivity contribution is 6.42.